The number of anilines is 1. The summed E-state index contributed by atoms with van der Waals surface area (Å²) in [6, 6.07) is 12.4. The fourth-order valence-corrected chi connectivity index (χ4v) is 3.74. The summed E-state index contributed by atoms with van der Waals surface area (Å²) in [7, 11) is 0. The normalized spacial score (nSPS) is 14.4. The summed E-state index contributed by atoms with van der Waals surface area (Å²) in [6.45, 7) is 4.24. The molecule has 3 aromatic rings. The van der Waals surface area contributed by atoms with Crippen molar-refractivity contribution in [2.24, 2.45) is 0 Å². The van der Waals surface area contributed by atoms with Gasteiger partial charge in [-0.1, -0.05) is 12.1 Å². The third kappa shape index (κ3) is 3.99. The minimum absolute atomic E-state index is 0.0924. The standard InChI is InChI=1S/C22H23FN4O2/c1-16(28)17-6-7-20(18(23)14-17)25-10-12-26(13-11-25)22(29)8-9-27-15-24-19-4-2-3-5-21(19)27/h2-7,14-15H,8-13H2,1H3. The number of benzene rings is 2. The van der Waals surface area contributed by atoms with Crippen LogP contribution in [0.15, 0.2) is 48.8 Å². The molecular formula is C22H23FN4O2. The molecular weight excluding hydrogens is 371 g/mol. The summed E-state index contributed by atoms with van der Waals surface area (Å²) in [5, 5.41) is 0. The molecule has 1 aliphatic heterocycles. The number of carbonyl (C=O) groups excluding carboxylic acids is 2. The Morgan fingerprint density at radius 1 is 1.07 bits per heavy atom. The van der Waals surface area contributed by atoms with Crippen molar-refractivity contribution in [3.63, 3.8) is 0 Å². The number of Topliss-reactive ketones (excluding diaryl/α,β-unsaturated/α-hetero) is 1. The quantitative estimate of drug-likeness (QED) is 0.624. The Balaban J connectivity index is 1.33. The zero-order valence-corrected chi connectivity index (χ0v) is 16.3. The third-order valence-electron chi connectivity index (χ3n) is 5.42. The summed E-state index contributed by atoms with van der Waals surface area (Å²) in [5.74, 6) is -0.462. The average Bonchev–Trinajstić information content (AvgIpc) is 3.15. The number of para-hydroxylation sites is 2. The number of amides is 1. The lowest BCUT2D eigenvalue weighted by Crippen LogP contribution is -2.49. The highest BCUT2D eigenvalue weighted by molar-refractivity contribution is 5.94. The second-order valence-corrected chi connectivity index (χ2v) is 7.27. The minimum Gasteiger partial charge on any atom is -0.366 e. The van der Waals surface area contributed by atoms with E-state index in [0.29, 0.717) is 50.4 Å². The minimum atomic E-state index is -0.399. The van der Waals surface area contributed by atoms with Gasteiger partial charge < -0.3 is 14.4 Å². The van der Waals surface area contributed by atoms with Gasteiger partial charge in [0.05, 0.1) is 23.0 Å². The SMILES string of the molecule is CC(=O)c1ccc(N2CCN(C(=O)CCn3cnc4ccccc43)CC2)c(F)c1. The molecule has 0 aliphatic carbocycles. The molecule has 0 N–H and O–H groups in total. The number of aromatic nitrogens is 2. The molecule has 0 unspecified atom stereocenters. The van der Waals surface area contributed by atoms with Crippen LogP contribution < -0.4 is 4.90 Å². The Labute approximate surface area is 168 Å². The van der Waals surface area contributed by atoms with E-state index in [1.165, 1.54) is 13.0 Å². The number of imidazole rings is 1. The van der Waals surface area contributed by atoms with Crippen LogP contribution in [0.2, 0.25) is 0 Å². The molecule has 4 rings (SSSR count). The topological polar surface area (TPSA) is 58.4 Å². The summed E-state index contributed by atoms with van der Waals surface area (Å²) >= 11 is 0. The number of carbonyl (C=O) groups is 2. The van der Waals surface area contributed by atoms with Gasteiger partial charge in [0.1, 0.15) is 5.82 Å². The smallest absolute Gasteiger partial charge is 0.224 e. The van der Waals surface area contributed by atoms with Crippen LogP contribution in [0.4, 0.5) is 10.1 Å². The number of halogens is 1. The van der Waals surface area contributed by atoms with Gasteiger partial charge in [-0.2, -0.15) is 0 Å². The number of piperazine rings is 1. The Kier molecular flexibility index (Phi) is 5.29. The molecule has 0 saturated carbocycles. The molecule has 29 heavy (non-hydrogen) atoms. The van der Waals surface area contributed by atoms with Crippen molar-refractivity contribution in [2.45, 2.75) is 19.9 Å². The third-order valence-corrected chi connectivity index (χ3v) is 5.42. The molecule has 7 heteroatoms. The summed E-state index contributed by atoms with van der Waals surface area (Å²) in [4.78, 5) is 32.1. The van der Waals surface area contributed by atoms with E-state index in [9.17, 15) is 14.0 Å². The van der Waals surface area contributed by atoms with Gasteiger partial charge in [-0.25, -0.2) is 9.37 Å². The van der Waals surface area contributed by atoms with E-state index >= 15 is 0 Å². The molecule has 2 heterocycles. The molecule has 1 fully saturated rings. The second-order valence-electron chi connectivity index (χ2n) is 7.27. The maximum atomic E-state index is 14.4. The van der Waals surface area contributed by atoms with Crippen LogP contribution in [0.3, 0.4) is 0 Å². The molecule has 0 radical (unpaired) electrons. The van der Waals surface area contributed by atoms with E-state index in [1.807, 2.05) is 38.6 Å². The van der Waals surface area contributed by atoms with E-state index in [0.717, 1.165) is 11.0 Å². The van der Waals surface area contributed by atoms with E-state index < -0.39 is 5.82 Å². The van der Waals surface area contributed by atoms with E-state index in [2.05, 4.69) is 4.98 Å². The van der Waals surface area contributed by atoms with Gasteiger partial charge in [-0.15, -0.1) is 0 Å². The molecule has 0 bridgehead atoms. The van der Waals surface area contributed by atoms with Gasteiger partial charge in [0, 0.05) is 44.7 Å². The lowest BCUT2D eigenvalue weighted by Gasteiger charge is -2.36. The Hall–Kier alpha value is -3.22. The van der Waals surface area contributed by atoms with Crippen molar-refractivity contribution in [3.05, 3.63) is 60.2 Å². The predicted molar refractivity (Wildman–Crippen MR) is 110 cm³/mol. The second kappa shape index (κ2) is 8.03. The zero-order valence-electron chi connectivity index (χ0n) is 16.3. The molecule has 6 nitrogen and oxygen atoms in total. The van der Waals surface area contributed by atoms with Crippen LogP contribution in [0.25, 0.3) is 11.0 Å². The molecule has 1 amide bonds. The van der Waals surface area contributed by atoms with E-state index in [1.54, 1.807) is 18.5 Å². The highest BCUT2D eigenvalue weighted by Crippen LogP contribution is 2.22. The van der Waals surface area contributed by atoms with Gasteiger partial charge >= 0.3 is 0 Å². The number of aryl methyl sites for hydroxylation is 1. The zero-order chi connectivity index (χ0) is 20.4. The van der Waals surface area contributed by atoms with Crippen LogP contribution in [-0.2, 0) is 11.3 Å². The lowest BCUT2D eigenvalue weighted by atomic mass is 10.1. The van der Waals surface area contributed by atoms with Crippen LogP contribution in [0.5, 0.6) is 0 Å². The number of hydrogen-bond donors (Lipinski definition) is 0. The first-order valence-corrected chi connectivity index (χ1v) is 9.76. The molecule has 1 aromatic heterocycles. The Morgan fingerprint density at radius 3 is 2.55 bits per heavy atom. The monoisotopic (exact) mass is 394 g/mol. The van der Waals surface area contributed by atoms with Gasteiger partial charge in [-0.3, -0.25) is 9.59 Å². The first kappa shape index (κ1) is 19.1. The highest BCUT2D eigenvalue weighted by Gasteiger charge is 2.23. The molecule has 0 spiro atoms. The number of ketones is 1. The van der Waals surface area contributed by atoms with Gasteiger partial charge in [0.2, 0.25) is 5.91 Å². The van der Waals surface area contributed by atoms with Crippen molar-refractivity contribution < 1.29 is 14.0 Å². The van der Waals surface area contributed by atoms with Crippen LogP contribution >= 0.6 is 0 Å². The molecule has 0 atom stereocenters. The van der Waals surface area contributed by atoms with Crippen molar-refractivity contribution in [2.75, 3.05) is 31.1 Å². The number of rotatable bonds is 5. The summed E-state index contributed by atoms with van der Waals surface area (Å²) < 4.78 is 16.4. The van der Waals surface area contributed by atoms with Crippen LogP contribution in [0, 0.1) is 5.82 Å². The van der Waals surface area contributed by atoms with E-state index in [4.69, 9.17) is 0 Å². The molecule has 1 saturated heterocycles. The number of hydrogen-bond acceptors (Lipinski definition) is 4. The first-order chi connectivity index (χ1) is 14.0. The van der Waals surface area contributed by atoms with Crippen LogP contribution in [0.1, 0.15) is 23.7 Å². The van der Waals surface area contributed by atoms with Crippen LogP contribution in [-0.4, -0.2) is 52.3 Å². The predicted octanol–water partition coefficient (Wildman–Crippen LogP) is 3.12. The first-order valence-electron chi connectivity index (χ1n) is 9.76. The molecule has 150 valence electrons. The van der Waals surface area contributed by atoms with Crippen molar-refractivity contribution in [3.8, 4) is 0 Å². The lowest BCUT2D eigenvalue weighted by molar-refractivity contribution is -0.131. The van der Waals surface area contributed by atoms with Gasteiger partial charge in [0.15, 0.2) is 5.78 Å². The highest BCUT2D eigenvalue weighted by atomic mass is 19.1. The fourth-order valence-electron chi connectivity index (χ4n) is 3.74. The summed E-state index contributed by atoms with van der Waals surface area (Å²) in [6.07, 6.45) is 2.17. The Bertz CT molecular complexity index is 1050. The summed E-state index contributed by atoms with van der Waals surface area (Å²) in [5.41, 5.74) is 2.79. The maximum Gasteiger partial charge on any atom is 0.224 e. The molecule has 2 aromatic carbocycles. The van der Waals surface area contributed by atoms with Gasteiger partial charge in [-0.05, 0) is 37.3 Å². The maximum absolute atomic E-state index is 14.4. The van der Waals surface area contributed by atoms with Crippen molar-refractivity contribution in [1.29, 1.82) is 0 Å². The fraction of sp³-hybridized carbons (Fsp3) is 0.318. The van der Waals surface area contributed by atoms with Crippen molar-refractivity contribution in [1.82, 2.24) is 14.5 Å². The molecule has 1 aliphatic rings. The number of nitrogens with zero attached hydrogens (tertiary/aromatic N) is 4. The Morgan fingerprint density at radius 2 is 1.83 bits per heavy atom. The number of fused-ring (bicyclic) bond motifs is 1. The van der Waals surface area contributed by atoms with E-state index in [-0.39, 0.29) is 11.7 Å². The van der Waals surface area contributed by atoms with Crippen molar-refractivity contribution >= 4 is 28.4 Å². The van der Waals surface area contributed by atoms with Gasteiger partial charge in [0.25, 0.3) is 0 Å². The largest absolute Gasteiger partial charge is 0.366 e. The average molecular weight is 394 g/mol.